The summed E-state index contributed by atoms with van der Waals surface area (Å²) in [5.74, 6) is -0.856. The van der Waals surface area contributed by atoms with E-state index < -0.39 is 5.82 Å². The Labute approximate surface area is 121 Å². The van der Waals surface area contributed by atoms with Gasteiger partial charge in [-0.3, -0.25) is 4.79 Å². The lowest BCUT2D eigenvalue weighted by Crippen LogP contribution is -2.16. The van der Waals surface area contributed by atoms with Crippen molar-refractivity contribution < 1.29 is 9.18 Å². The Bertz CT molecular complexity index is 428. The molecule has 0 spiro atoms. The van der Waals surface area contributed by atoms with E-state index in [1.807, 2.05) is 13.8 Å². The minimum atomic E-state index is -0.617. The molecule has 0 aliphatic rings. The van der Waals surface area contributed by atoms with Gasteiger partial charge >= 0.3 is 0 Å². The van der Waals surface area contributed by atoms with Crippen molar-refractivity contribution in [3.05, 3.63) is 33.0 Å². The highest BCUT2D eigenvalue weighted by Gasteiger charge is 2.23. The lowest BCUT2D eigenvalue weighted by atomic mass is 9.89. The van der Waals surface area contributed by atoms with Crippen LogP contribution < -0.4 is 0 Å². The van der Waals surface area contributed by atoms with Crippen molar-refractivity contribution in [2.75, 3.05) is 0 Å². The highest BCUT2D eigenvalue weighted by molar-refractivity contribution is 9.10. The van der Waals surface area contributed by atoms with Crippen LogP contribution in [0.25, 0.3) is 0 Å². The molecule has 18 heavy (non-hydrogen) atoms. The third-order valence-electron chi connectivity index (χ3n) is 2.95. The normalized spacial score (nSPS) is 11.0. The second-order valence-electron chi connectivity index (χ2n) is 4.36. The van der Waals surface area contributed by atoms with Crippen LogP contribution in [0, 0.1) is 11.7 Å². The fraction of sp³-hybridized carbons (Fsp3) is 0.500. The van der Waals surface area contributed by atoms with Gasteiger partial charge in [-0.15, -0.1) is 0 Å². The smallest absolute Gasteiger partial charge is 0.168 e. The lowest BCUT2D eigenvalue weighted by Gasteiger charge is -2.15. The highest BCUT2D eigenvalue weighted by atomic mass is 79.9. The maximum Gasteiger partial charge on any atom is 0.168 e. The summed E-state index contributed by atoms with van der Waals surface area (Å²) < 4.78 is 14.4. The number of halogens is 3. The zero-order valence-corrected chi connectivity index (χ0v) is 12.9. The van der Waals surface area contributed by atoms with E-state index in [0.717, 1.165) is 25.7 Å². The molecule has 0 aromatic heterocycles. The zero-order valence-electron chi connectivity index (χ0n) is 10.6. The van der Waals surface area contributed by atoms with Gasteiger partial charge < -0.3 is 0 Å². The van der Waals surface area contributed by atoms with Crippen LogP contribution in [0.5, 0.6) is 0 Å². The Balaban J connectivity index is 3.05. The van der Waals surface area contributed by atoms with E-state index in [2.05, 4.69) is 15.9 Å². The number of carbonyl (C=O) groups is 1. The largest absolute Gasteiger partial charge is 0.294 e. The minimum absolute atomic E-state index is 0.0207. The molecular formula is C14H17BrClFO. The summed E-state index contributed by atoms with van der Waals surface area (Å²) in [7, 11) is 0. The van der Waals surface area contributed by atoms with Crippen LogP contribution in [0.15, 0.2) is 16.6 Å². The molecule has 0 saturated carbocycles. The average Bonchev–Trinajstić information content (AvgIpc) is 2.35. The molecule has 1 rings (SSSR count). The summed E-state index contributed by atoms with van der Waals surface area (Å²) in [6.45, 7) is 4.06. The number of Topliss-reactive ketones (excluding diaryl/α,β-unsaturated/α-hetero) is 1. The van der Waals surface area contributed by atoms with Crippen molar-refractivity contribution in [3.8, 4) is 0 Å². The molecule has 0 amide bonds. The van der Waals surface area contributed by atoms with Crippen molar-refractivity contribution in [1.82, 2.24) is 0 Å². The summed E-state index contributed by atoms with van der Waals surface area (Å²) in [6, 6.07) is 3.12. The van der Waals surface area contributed by atoms with Gasteiger partial charge in [0.15, 0.2) is 11.6 Å². The summed E-state index contributed by atoms with van der Waals surface area (Å²) in [5.41, 5.74) is 0.107. The van der Waals surface area contributed by atoms with E-state index in [9.17, 15) is 9.18 Å². The fourth-order valence-corrected chi connectivity index (χ4v) is 2.51. The first-order valence-electron chi connectivity index (χ1n) is 6.20. The summed E-state index contributed by atoms with van der Waals surface area (Å²) >= 11 is 8.96. The van der Waals surface area contributed by atoms with Crippen LogP contribution in [0.2, 0.25) is 5.02 Å². The van der Waals surface area contributed by atoms with Gasteiger partial charge in [-0.25, -0.2) is 4.39 Å². The molecule has 0 unspecified atom stereocenters. The Kier molecular flexibility index (Phi) is 6.30. The van der Waals surface area contributed by atoms with E-state index >= 15 is 0 Å². The topological polar surface area (TPSA) is 17.1 Å². The summed E-state index contributed by atoms with van der Waals surface area (Å²) in [6.07, 6.45) is 3.42. The second-order valence-corrected chi connectivity index (χ2v) is 5.59. The molecule has 0 aliphatic heterocycles. The van der Waals surface area contributed by atoms with Crippen molar-refractivity contribution in [1.29, 1.82) is 0 Å². The molecule has 100 valence electrons. The first-order chi connectivity index (χ1) is 8.52. The third-order valence-corrected chi connectivity index (χ3v) is 4.20. The molecule has 0 fully saturated rings. The van der Waals surface area contributed by atoms with Gasteiger partial charge in [-0.1, -0.05) is 38.3 Å². The predicted molar refractivity (Wildman–Crippen MR) is 76.7 cm³/mol. The Morgan fingerprint density at radius 3 is 2.39 bits per heavy atom. The molecule has 1 aromatic carbocycles. The third kappa shape index (κ3) is 3.55. The molecule has 0 heterocycles. The van der Waals surface area contributed by atoms with Gasteiger partial charge in [0.2, 0.25) is 0 Å². The molecule has 0 radical (unpaired) electrons. The maximum atomic E-state index is 14.0. The van der Waals surface area contributed by atoms with Gasteiger partial charge in [0.05, 0.1) is 10.6 Å². The van der Waals surface area contributed by atoms with Gasteiger partial charge in [-0.05, 0) is 40.9 Å². The van der Waals surface area contributed by atoms with E-state index in [1.165, 1.54) is 6.07 Å². The molecule has 4 heteroatoms. The van der Waals surface area contributed by atoms with Crippen LogP contribution in [0.1, 0.15) is 49.9 Å². The van der Waals surface area contributed by atoms with Crippen LogP contribution in [-0.4, -0.2) is 5.78 Å². The highest BCUT2D eigenvalue weighted by Crippen LogP contribution is 2.30. The zero-order chi connectivity index (χ0) is 13.7. The number of ketones is 1. The number of carbonyl (C=O) groups excluding carboxylic acids is 1. The van der Waals surface area contributed by atoms with Gasteiger partial charge in [0.1, 0.15) is 0 Å². The van der Waals surface area contributed by atoms with Gasteiger partial charge in [0, 0.05) is 10.4 Å². The minimum Gasteiger partial charge on any atom is -0.294 e. The summed E-state index contributed by atoms with van der Waals surface area (Å²) in [4.78, 5) is 12.3. The Morgan fingerprint density at radius 1 is 1.33 bits per heavy atom. The maximum absolute atomic E-state index is 14.0. The van der Waals surface area contributed by atoms with Crippen molar-refractivity contribution >= 4 is 33.3 Å². The molecule has 0 aliphatic carbocycles. The van der Waals surface area contributed by atoms with E-state index in [-0.39, 0.29) is 22.3 Å². The quantitative estimate of drug-likeness (QED) is 0.485. The van der Waals surface area contributed by atoms with E-state index in [4.69, 9.17) is 11.6 Å². The van der Waals surface area contributed by atoms with Crippen LogP contribution in [-0.2, 0) is 0 Å². The lowest BCUT2D eigenvalue weighted by molar-refractivity contribution is 0.0900. The number of rotatable bonds is 6. The molecule has 0 atom stereocenters. The van der Waals surface area contributed by atoms with E-state index in [0.29, 0.717) is 4.47 Å². The van der Waals surface area contributed by atoms with Crippen LogP contribution in [0.3, 0.4) is 0 Å². The van der Waals surface area contributed by atoms with Gasteiger partial charge in [-0.2, -0.15) is 0 Å². The number of hydrogen-bond acceptors (Lipinski definition) is 1. The molecule has 1 aromatic rings. The molecule has 1 nitrogen and oxygen atoms in total. The number of hydrogen-bond donors (Lipinski definition) is 0. The summed E-state index contributed by atoms with van der Waals surface area (Å²) in [5, 5.41) is -0.0207. The van der Waals surface area contributed by atoms with Crippen molar-refractivity contribution in [2.24, 2.45) is 5.92 Å². The standard InChI is InChI=1S/C14H17BrClFO/c1-3-5-9(6-4-2)14(18)10-7-8-11(15)12(16)13(10)17/h7-9H,3-6H2,1-2H3. The predicted octanol–water partition coefficient (Wildman–Crippen LogP) is 5.64. The van der Waals surface area contributed by atoms with Crippen molar-refractivity contribution in [2.45, 2.75) is 39.5 Å². The monoisotopic (exact) mass is 334 g/mol. The molecule has 0 N–H and O–H groups in total. The van der Waals surface area contributed by atoms with Gasteiger partial charge in [0.25, 0.3) is 0 Å². The van der Waals surface area contributed by atoms with E-state index in [1.54, 1.807) is 6.07 Å². The Hall–Kier alpha value is -0.410. The SMILES string of the molecule is CCCC(CCC)C(=O)c1ccc(Br)c(Cl)c1F. The Morgan fingerprint density at radius 2 is 1.89 bits per heavy atom. The molecular weight excluding hydrogens is 319 g/mol. The fourth-order valence-electron chi connectivity index (χ4n) is 2.04. The van der Waals surface area contributed by atoms with Crippen molar-refractivity contribution in [3.63, 3.8) is 0 Å². The second kappa shape index (κ2) is 7.25. The van der Waals surface area contributed by atoms with Crippen LogP contribution in [0.4, 0.5) is 4.39 Å². The number of benzene rings is 1. The van der Waals surface area contributed by atoms with Crippen LogP contribution >= 0.6 is 27.5 Å². The molecule has 0 saturated heterocycles. The first kappa shape index (κ1) is 15.6. The average molecular weight is 336 g/mol. The first-order valence-corrected chi connectivity index (χ1v) is 7.37. The molecule has 0 bridgehead atoms.